The Morgan fingerprint density at radius 2 is 1.95 bits per heavy atom. The molecule has 1 aliphatic heterocycles. The first-order chi connectivity index (χ1) is 10.0. The minimum atomic E-state index is -0.00220. The highest BCUT2D eigenvalue weighted by molar-refractivity contribution is 6.49. The van der Waals surface area contributed by atoms with Crippen molar-refractivity contribution < 1.29 is 4.79 Å². The van der Waals surface area contributed by atoms with E-state index in [4.69, 9.17) is 34.8 Å². The number of carbonyl (C=O) groups excluding carboxylic acids is 1. The highest BCUT2D eigenvalue weighted by Gasteiger charge is 2.28. The number of amides is 1. The SMILES string of the molecule is CCC(C(=O)Nc1ccc(Cl)c(Cl)c1Cl)C1CCNCC1. The fraction of sp³-hybridized carbons (Fsp3) is 0.533. The van der Waals surface area contributed by atoms with Gasteiger partial charge in [0.1, 0.15) is 0 Å². The van der Waals surface area contributed by atoms with Gasteiger partial charge in [-0.1, -0.05) is 41.7 Å². The normalized spacial score (nSPS) is 17.5. The van der Waals surface area contributed by atoms with Crippen molar-refractivity contribution in [1.29, 1.82) is 0 Å². The lowest BCUT2D eigenvalue weighted by Gasteiger charge is -2.29. The van der Waals surface area contributed by atoms with Gasteiger partial charge < -0.3 is 10.6 Å². The van der Waals surface area contributed by atoms with E-state index in [-0.39, 0.29) is 21.9 Å². The monoisotopic (exact) mass is 348 g/mol. The summed E-state index contributed by atoms with van der Waals surface area (Å²) in [6, 6.07) is 3.32. The molecule has 0 saturated carbocycles. The van der Waals surface area contributed by atoms with Crippen molar-refractivity contribution in [3.63, 3.8) is 0 Å². The molecule has 0 aliphatic carbocycles. The summed E-state index contributed by atoms with van der Waals surface area (Å²) in [4.78, 5) is 12.5. The van der Waals surface area contributed by atoms with Crippen LogP contribution < -0.4 is 10.6 Å². The third-order valence-electron chi connectivity index (χ3n) is 4.02. The molecule has 1 aromatic rings. The molecule has 0 radical (unpaired) electrons. The maximum absolute atomic E-state index is 12.5. The quantitative estimate of drug-likeness (QED) is 0.779. The number of rotatable bonds is 4. The molecule has 21 heavy (non-hydrogen) atoms. The van der Waals surface area contributed by atoms with E-state index in [1.54, 1.807) is 12.1 Å². The van der Waals surface area contributed by atoms with Gasteiger partial charge in [-0.3, -0.25) is 4.79 Å². The van der Waals surface area contributed by atoms with E-state index < -0.39 is 0 Å². The summed E-state index contributed by atoms with van der Waals surface area (Å²) < 4.78 is 0. The van der Waals surface area contributed by atoms with Crippen LogP contribution in [0.3, 0.4) is 0 Å². The summed E-state index contributed by atoms with van der Waals surface area (Å²) in [6.45, 7) is 3.99. The Balaban J connectivity index is 2.10. The molecule has 6 heteroatoms. The Morgan fingerprint density at radius 3 is 2.57 bits per heavy atom. The van der Waals surface area contributed by atoms with Gasteiger partial charge in [-0.25, -0.2) is 0 Å². The molecule has 1 heterocycles. The van der Waals surface area contributed by atoms with E-state index in [0.29, 0.717) is 16.6 Å². The molecule has 1 atom stereocenters. The summed E-state index contributed by atoms with van der Waals surface area (Å²) >= 11 is 18.0. The largest absolute Gasteiger partial charge is 0.324 e. The molecule has 1 amide bonds. The van der Waals surface area contributed by atoms with Crippen LogP contribution in [-0.4, -0.2) is 19.0 Å². The first-order valence-electron chi connectivity index (χ1n) is 7.19. The molecule has 116 valence electrons. The van der Waals surface area contributed by atoms with Crippen molar-refractivity contribution in [2.75, 3.05) is 18.4 Å². The molecule has 2 rings (SSSR count). The number of benzene rings is 1. The topological polar surface area (TPSA) is 41.1 Å². The van der Waals surface area contributed by atoms with Gasteiger partial charge in [-0.15, -0.1) is 0 Å². The molecule has 0 bridgehead atoms. The lowest BCUT2D eigenvalue weighted by atomic mass is 9.82. The second-order valence-corrected chi connectivity index (χ2v) is 6.48. The van der Waals surface area contributed by atoms with Crippen molar-refractivity contribution in [3.8, 4) is 0 Å². The van der Waals surface area contributed by atoms with Gasteiger partial charge in [0.05, 0.1) is 20.8 Å². The lowest BCUT2D eigenvalue weighted by Crippen LogP contribution is -2.36. The number of nitrogens with one attached hydrogen (secondary N) is 2. The molecule has 1 aliphatic rings. The van der Waals surface area contributed by atoms with Gasteiger partial charge >= 0.3 is 0 Å². The van der Waals surface area contributed by atoms with Gasteiger partial charge in [0.15, 0.2) is 0 Å². The predicted molar refractivity (Wildman–Crippen MR) is 89.5 cm³/mol. The van der Waals surface area contributed by atoms with Gasteiger partial charge in [0.25, 0.3) is 0 Å². The molecule has 0 aromatic heterocycles. The summed E-state index contributed by atoms with van der Waals surface area (Å²) in [5.74, 6) is 0.417. The summed E-state index contributed by atoms with van der Waals surface area (Å²) in [5.41, 5.74) is 0.517. The van der Waals surface area contributed by atoms with Crippen LogP contribution in [0.4, 0.5) is 5.69 Å². The smallest absolute Gasteiger partial charge is 0.227 e. The van der Waals surface area contributed by atoms with Crippen LogP contribution in [0.25, 0.3) is 0 Å². The first kappa shape index (κ1) is 16.9. The van der Waals surface area contributed by atoms with Crippen LogP contribution in [0, 0.1) is 11.8 Å². The maximum atomic E-state index is 12.5. The van der Waals surface area contributed by atoms with Crippen LogP contribution in [0.2, 0.25) is 15.1 Å². The number of hydrogen-bond donors (Lipinski definition) is 2. The number of halogens is 3. The van der Waals surface area contributed by atoms with Gasteiger partial charge in [-0.2, -0.15) is 0 Å². The van der Waals surface area contributed by atoms with Crippen LogP contribution >= 0.6 is 34.8 Å². The molecular formula is C15H19Cl3N2O. The van der Waals surface area contributed by atoms with E-state index >= 15 is 0 Å². The average Bonchev–Trinajstić information content (AvgIpc) is 2.50. The van der Waals surface area contributed by atoms with Crippen LogP contribution in [0.1, 0.15) is 26.2 Å². The Labute approximate surface area is 140 Å². The maximum Gasteiger partial charge on any atom is 0.227 e. The van der Waals surface area contributed by atoms with Gasteiger partial charge in [-0.05, 0) is 50.4 Å². The van der Waals surface area contributed by atoms with Crippen LogP contribution in [0.15, 0.2) is 12.1 Å². The summed E-state index contributed by atoms with van der Waals surface area (Å²) in [5, 5.41) is 7.15. The standard InChI is InChI=1S/C15H19Cl3N2O/c1-2-10(9-5-7-19-8-6-9)15(21)20-12-4-3-11(16)13(17)14(12)18/h3-4,9-10,19H,2,5-8H2,1H3,(H,20,21). The van der Waals surface area contributed by atoms with Crippen LogP contribution in [0.5, 0.6) is 0 Å². The predicted octanol–water partition coefficient (Wildman–Crippen LogP) is 4.61. The molecule has 1 fully saturated rings. The fourth-order valence-corrected chi connectivity index (χ4v) is 3.41. The Hall–Kier alpha value is -0.480. The molecule has 2 N–H and O–H groups in total. The Kier molecular flexibility index (Phi) is 6.18. The number of anilines is 1. The highest BCUT2D eigenvalue weighted by atomic mass is 35.5. The minimum absolute atomic E-state index is 0.00220. The molecule has 1 unspecified atom stereocenters. The third-order valence-corrected chi connectivity index (χ3v) is 5.32. The van der Waals surface area contributed by atoms with Crippen molar-refractivity contribution >= 4 is 46.4 Å². The molecule has 3 nitrogen and oxygen atoms in total. The second kappa shape index (κ2) is 7.68. The number of hydrogen-bond acceptors (Lipinski definition) is 2. The van der Waals surface area contributed by atoms with Crippen molar-refractivity contribution in [1.82, 2.24) is 5.32 Å². The van der Waals surface area contributed by atoms with E-state index in [2.05, 4.69) is 10.6 Å². The van der Waals surface area contributed by atoms with Gasteiger partial charge in [0.2, 0.25) is 5.91 Å². The Bertz CT molecular complexity index is 516. The number of carbonyl (C=O) groups is 1. The zero-order chi connectivity index (χ0) is 15.4. The fourth-order valence-electron chi connectivity index (χ4n) is 2.83. The number of piperidine rings is 1. The Morgan fingerprint density at radius 1 is 1.29 bits per heavy atom. The van der Waals surface area contributed by atoms with E-state index in [1.807, 2.05) is 6.92 Å². The van der Waals surface area contributed by atoms with E-state index in [9.17, 15) is 4.79 Å². The summed E-state index contributed by atoms with van der Waals surface area (Å²) in [6.07, 6.45) is 2.87. The van der Waals surface area contributed by atoms with Crippen molar-refractivity contribution in [2.45, 2.75) is 26.2 Å². The van der Waals surface area contributed by atoms with Crippen molar-refractivity contribution in [2.24, 2.45) is 11.8 Å². The molecule has 1 aromatic carbocycles. The van der Waals surface area contributed by atoms with E-state index in [0.717, 1.165) is 32.4 Å². The highest BCUT2D eigenvalue weighted by Crippen LogP contribution is 2.36. The molecular weight excluding hydrogens is 331 g/mol. The second-order valence-electron chi connectivity index (χ2n) is 5.31. The van der Waals surface area contributed by atoms with Crippen LogP contribution in [-0.2, 0) is 4.79 Å². The zero-order valence-corrected chi connectivity index (χ0v) is 14.2. The lowest BCUT2D eigenvalue weighted by molar-refractivity contribution is -0.121. The van der Waals surface area contributed by atoms with Crippen molar-refractivity contribution in [3.05, 3.63) is 27.2 Å². The molecule has 0 spiro atoms. The molecule has 1 saturated heterocycles. The third kappa shape index (κ3) is 4.04. The minimum Gasteiger partial charge on any atom is -0.324 e. The first-order valence-corrected chi connectivity index (χ1v) is 8.33. The average molecular weight is 350 g/mol. The summed E-state index contributed by atoms with van der Waals surface area (Å²) in [7, 11) is 0. The van der Waals surface area contributed by atoms with Gasteiger partial charge in [0, 0.05) is 5.92 Å². The van der Waals surface area contributed by atoms with E-state index in [1.165, 1.54) is 0 Å². The zero-order valence-electron chi connectivity index (χ0n) is 11.9.